The fraction of sp³-hybridized carbons (Fsp3) is 0.538. The van der Waals surface area contributed by atoms with Crippen molar-refractivity contribution in [1.82, 2.24) is 10.3 Å². The number of nitrogens with zero attached hydrogens (tertiary/aromatic N) is 4. The summed E-state index contributed by atoms with van der Waals surface area (Å²) in [6.07, 6.45) is 3.49. The zero-order valence-corrected chi connectivity index (χ0v) is 11.7. The number of carboxylic acid groups (broad SMARTS) is 1. The monoisotopic (exact) mass is 290 g/mol. The van der Waals surface area contributed by atoms with Crippen molar-refractivity contribution in [2.45, 2.75) is 37.8 Å². The van der Waals surface area contributed by atoms with Crippen LogP contribution in [0.3, 0.4) is 0 Å². The van der Waals surface area contributed by atoms with Gasteiger partial charge in [0.05, 0.1) is 17.9 Å². The number of azide groups is 1. The lowest BCUT2D eigenvalue weighted by atomic mass is 9.73. The molecule has 0 saturated heterocycles. The van der Waals surface area contributed by atoms with Gasteiger partial charge in [0.1, 0.15) is 0 Å². The Labute approximate surface area is 122 Å². The molecule has 1 aromatic rings. The minimum atomic E-state index is -1.12. The lowest BCUT2D eigenvalue weighted by molar-refractivity contribution is 0.172. The molecule has 21 heavy (non-hydrogen) atoms. The molecule has 8 heteroatoms. The van der Waals surface area contributed by atoms with E-state index in [1.807, 2.05) is 13.0 Å². The van der Waals surface area contributed by atoms with Crippen molar-refractivity contribution >= 4 is 11.8 Å². The largest absolute Gasteiger partial charge is 0.465 e. The summed E-state index contributed by atoms with van der Waals surface area (Å²) in [6.45, 7) is 1.96. The maximum Gasteiger partial charge on any atom is 0.404 e. The summed E-state index contributed by atoms with van der Waals surface area (Å²) >= 11 is 0. The average molecular weight is 290 g/mol. The first-order valence-electron chi connectivity index (χ1n) is 6.76. The first-order chi connectivity index (χ1) is 10.0. The van der Waals surface area contributed by atoms with Crippen LogP contribution < -0.4 is 11.1 Å². The SMILES string of the molecule is C[C@H]1C[C@H](c2ccncc2N)C[C@@H](NC(=O)O)[C@H]1N=[N+]=[N-]. The highest BCUT2D eigenvalue weighted by Crippen LogP contribution is 2.39. The second-order valence-corrected chi connectivity index (χ2v) is 5.40. The Morgan fingerprint density at radius 2 is 2.38 bits per heavy atom. The minimum Gasteiger partial charge on any atom is -0.465 e. The molecule has 1 aromatic heterocycles. The Hall–Kier alpha value is -2.47. The second kappa shape index (κ2) is 6.32. The molecular weight excluding hydrogens is 272 g/mol. The van der Waals surface area contributed by atoms with Crippen molar-refractivity contribution in [3.63, 3.8) is 0 Å². The van der Waals surface area contributed by atoms with Crippen molar-refractivity contribution < 1.29 is 9.90 Å². The average Bonchev–Trinajstić information content (AvgIpc) is 2.42. The standard InChI is InChI=1S/C13H18N6O2/c1-7-4-8(9-2-3-16-6-10(9)14)5-11(17-13(20)21)12(7)18-19-15/h2-3,6-8,11-12,17H,4-5,14H2,1H3,(H,20,21)/t7-,8-,11+,12-/m0/s1. The van der Waals surface area contributed by atoms with Gasteiger partial charge in [-0.25, -0.2) is 4.79 Å². The normalized spacial score (nSPS) is 28.4. The van der Waals surface area contributed by atoms with Crippen molar-refractivity contribution in [2.24, 2.45) is 11.0 Å². The number of nitrogen functional groups attached to an aromatic ring is 1. The van der Waals surface area contributed by atoms with Gasteiger partial charge in [-0.05, 0) is 41.8 Å². The van der Waals surface area contributed by atoms with E-state index in [2.05, 4.69) is 20.3 Å². The molecular formula is C13H18N6O2. The second-order valence-electron chi connectivity index (χ2n) is 5.40. The molecule has 1 aliphatic carbocycles. The molecule has 1 aliphatic rings. The van der Waals surface area contributed by atoms with Crippen LogP contribution in [0.15, 0.2) is 23.6 Å². The van der Waals surface area contributed by atoms with E-state index in [0.29, 0.717) is 12.1 Å². The van der Waals surface area contributed by atoms with Crippen LogP contribution in [-0.4, -0.2) is 28.3 Å². The van der Waals surface area contributed by atoms with Crippen LogP contribution in [-0.2, 0) is 0 Å². The van der Waals surface area contributed by atoms with E-state index >= 15 is 0 Å². The van der Waals surface area contributed by atoms with Crippen molar-refractivity contribution in [1.29, 1.82) is 0 Å². The van der Waals surface area contributed by atoms with Crippen LogP contribution in [0.25, 0.3) is 10.4 Å². The van der Waals surface area contributed by atoms with Gasteiger partial charge in [-0.3, -0.25) is 4.98 Å². The third kappa shape index (κ3) is 3.35. The first kappa shape index (κ1) is 14.9. The van der Waals surface area contributed by atoms with Crippen LogP contribution >= 0.6 is 0 Å². The molecule has 0 radical (unpaired) electrons. The maximum absolute atomic E-state index is 11.0. The number of anilines is 1. The van der Waals surface area contributed by atoms with Crippen molar-refractivity contribution in [3.8, 4) is 0 Å². The Bertz CT molecular complexity index is 572. The summed E-state index contributed by atoms with van der Waals surface area (Å²) in [6, 6.07) is 1.06. The molecule has 4 N–H and O–H groups in total. The summed E-state index contributed by atoms with van der Waals surface area (Å²) in [7, 11) is 0. The first-order valence-corrected chi connectivity index (χ1v) is 6.76. The van der Waals surface area contributed by atoms with Crippen LogP contribution in [0.1, 0.15) is 31.2 Å². The predicted molar refractivity (Wildman–Crippen MR) is 77.7 cm³/mol. The van der Waals surface area contributed by atoms with E-state index in [-0.39, 0.29) is 17.9 Å². The molecule has 2 rings (SSSR count). The van der Waals surface area contributed by atoms with Gasteiger partial charge < -0.3 is 16.2 Å². The summed E-state index contributed by atoms with van der Waals surface area (Å²) in [5.41, 5.74) is 16.2. The van der Waals surface area contributed by atoms with E-state index in [1.165, 1.54) is 0 Å². The van der Waals surface area contributed by atoms with Crippen LogP contribution in [0.2, 0.25) is 0 Å². The smallest absolute Gasteiger partial charge is 0.404 e. The molecule has 1 fully saturated rings. The number of carbonyl (C=O) groups is 1. The van der Waals surface area contributed by atoms with Gasteiger partial charge >= 0.3 is 6.09 Å². The van der Waals surface area contributed by atoms with Crippen molar-refractivity contribution in [3.05, 3.63) is 34.5 Å². The molecule has 0 spiro atoms. The number of hydrogen-bond acceptors (Lipinski definition) is 4. The molecule has 112 valence electrons. The third-order valence-electron chi connectivity index (χ3n) is 4.01. The van der Waals surface area contributed by atoms with Crippen LogP contribution in [0, 0.1) is 5.92 Å². The highest BCUT2D eigenvalue weighted by Gasteiger charge is 2.37. The fourth-order valence-electron chi connectivity index (χ4n) is 3.13. The zero-order valence-electron chi connectivity index (χ0n) is 11.7. The fourth-order valence-corrected chi connectivity index (χ4v) is 3.13. The number of nitrogens with one attached hydrogen (secondary N) is 1. The summed E-state index contributed by atoms with van der Waals surface area (Å²) in [5, 5.41) is 15.2. The quantitative estimate of drug-likeness (QED) is 0.447. The predicted octanol–water partition coefficient (Wildman–Crippen LogP) is 2.49. The lowest BCUT2D eigenvalue weighted by Gasteiger charge is -2.38. The minimum absolute atomic E-state index is 0.0593. The van der Waals surface area contributed by atoms with E-state index in [0.717, 1.165) is 12.0 Å². The highest BCUT2D eigenvalue weighted by atomic mass is 16.4. The summed E-state index contributed by atoms with van der Waals surface area (Å²) < 4.78 is 0. The van der Waals surface area contributed by atoms with Gasteiger partial charge in [0.2, 0.25) is 0 Å². The molecule has 0 bridgehead atoms. The molecule has 0 unspecified atom stereocenters. The Balaban J connectivity index is 2.26. The molecule has 1 saturated carbocycles. The number of aromatic nitrogens is 1. The molecule has 0 aliphatic heterocycles. The van der Waals surface area contributed by atoms with Gasteiger partial charge in [0, 0.05) is 17.2 Å². The molecule has 4 atom stereocenters. The summed E-state index contributed by atoms with van der Waals surface area (Å²) in [5.74, 6) is 0.175. The highest BCUT2D eigenvalue weighted by molar-refractivity contribution is 5.65. The number of amides is 1. The molecule has 8 nitrogen and oxygen atoms in total. The van der Waals surface area contributed by atoms with E-state index in [9.17, 15) is 4.79 Å². The van der Waals surface area contributed by atoms with E-state index in [1.54, 1.807) is 12.4 Å². The van der Waals surface area contributed by atoms with Crippen LogP contribution in [0.4, 0.5) is 10.5 Å². The Kier molecular flexibility index (Phi) is 4.49. The van der Waals surface area contributed by atoms with Gasteiger partial charge in [-0.15, -0.1) is 0 Å². The molecule has 1 heterocycles. The molecule has 1 amide bonds. The number of nitrogens with two attached hydrogens (primary N) is 1. The maximum atomic E-state index is 11.0. The van der Waals surface area contributed by atoms with Gasteiger partial charge in [-0.2, -0.15) is 0 Å². The van der Waals surface area contributed by atoms with E-state index in [4.69, 9.17) is 16.4 Å². The third-order valence-corrected chi connectivity index (χ3v) is 4.01. The Morgan fingerprint density at radius 3 is 3.00 bits per heavy atom. The number of rotatable bonds is 3. The lowest BCUT2D eigenvalue weighted by Crippen LogP contribution is -2.48. The Morgan fingerprint density at radius 1 is 1.62 bits per heavy atom. The van der Waals surface area contributed by atoms with E-state index < -0.39 is 12.1 Å². The number of pyridine rings is 1. The van der Waals surface area contributed by atoms with Crippen molar-refractivity contribution in [2.75, 3.05) is 5.73 Å². The summed E-state index contributed by atoms with van der Waals surface area (Å²) in [4.78, 5) is 17.8. The van der Waals surface area contributed by atoms with Gasteiger partial charge in [-0.1, -0.05) is 12.0 Å². The number of hydrogen-bond donors (Lipinski definition) is 3. The van der Waals surface area contributed by atoms with Gasteiger partial charge in [0.15, 0.2) is 0 Å². The topological polar surface area (TPSA) is 137 Å². The molecule has 0 aromatic carbocycles. The zero-order chi connectivity index (χ0) is 15.4. The van der Waals surface area contributed by atoms with Crippen LogP contribution in [0.5, 0.6) is 0 Å². The van der Waals surface area contributed by atoms with Gasteiger partial charge in [0.25, 0.3) is 0 Å².